The van der Waals surface area contributed by atoms with E-state index in [-0.39, 0.29) is 24.3 Å². The van der Waals surface area contributed by atoms with Gasteiger partial charge in [0.05, 0.1) is 11.1 Å². The number of amides is 3. The molecule has 7 heteroatoms. The average molecular weight is 450 g/mol. The van der Waals surface area contributed by atoms with E-state index in [0.717, 1.165) is 17.4 Å². The van der Waals surface area contributed by atoms with Gasteiger partial charge >= 0.3 is 0 Å². The van der Waals surface area contributed by atoms with Crippen LogP contribution in [0.5, 0.6) is 0 Å². The van der Waals surface area contributed by atoms with Gasteiger partial charge in [-0.15, -0.1) is 0 Å². The van der Waals surface area contributed by atoms with Crippen molar-refractivity contribution in [3.63, 3.8) is 0 Å². The zero-order valence-corrected chi connectivity index (χ0v) is 17.8. The van der Waals surface area contributed by atoms with E-state index in [1.807, 2.05) is 0 Å². The number of hydrogen-bond donors (Lipinski definition) is 1. The number of fused-ring (bicyclic) bond motifs is 1. The van der Waals surface area contributed by atoms with E-state index < -0.39 is 0 Å². The van der Waals surface area contributed by atoms with Gasteiger partial charge in [-0.1, -0.05) is 28.8 Å². The Bertz CT molecular complexity index is 730. The van der Waals surface area contributed by atoms with E-state index in [1.54, 1.807) is 18.2 Å². The van der Waals surface area contributed by atoms with Crippen LogP contribution < -0.4 is 5.32 Å². The molecule has 0 unspecified atom stereocenters. The molecule has 2 aliphatic rings. The van der Waals surface area contributed by atoms with E-state index in [9.17, 15) is 14.4 Å². The molecule has 0 atom stereocenters. The predicted octanol–water partition coefficient (Wildman–Crippen LogP) is 3.21. The maximum Gasteiger partial charge on any atom is 0.261 e. The van der Waals surface area contributed by atoms with Crippen LogP contribution in [-0.2, 0) is 4.79 Å². The number of likely N-dealkylation sites (tertiary alicyclic amines) is 1. The number of nitrogens with zero attached hydrogens (tertiary/aromatic N) is 2. The first kappa shape index (κ1) is 21.0. The molecule has 2 heterocycles. The summed E-state index contributed by atoms with van der Waals surface area (Å²) in [5.41, 5.74) is 0.864. The number of carbonyl (C=O) groups is 3. The first-order chi connectivity index (χ1) is 13.6. The third-order valence-corrected chi connectivity index (χ3v) is 5.88. The smallest absolute Gasteiger partial charge is 0.261 e. The molecule has 0 aliphatic carbocycles. The summed E-state index contributed by atoms with van der Waals surface area (Å²) in [6.07, 6.45) is 6.97. The van der Waals surface area contributed by atoms with Crippen molar-refractivity contribution in [3.05, 3.63) is 33.8 Å². The molecule has 1 fully saturated rings. The Morgan fingerprint density at radius 2 is 1.68 bits per heavy atom. The monoisotopic (exact) mass is 449 g/mol. The molecular weight excluding hydrogens is 422 g/mol. The van der Waals surface area contributed by atoms with Gasteiger partial charge in [-0.2, -0.15) is 0 Å². The lowest BCUT2D eigenvalue weighted by Crippen LogP contribution is -2.33. The molecule has 3 rings (SSSR count). The van der Waals surface area contributed by atoms with Gasteiger partial charge in [0.15, 0.2) is 0 Å². The standard InChI is InChI=1S/C21H28BrN3O3/c22-16-8-9-17-18(15-16)21(28)25(20(17)27)14-5-7-19(26)23-10-6-13-24-11-3-1-2-4-12-24/h8-9,15H,1-7,10-14H2,(H,23,26). The fourth-order valence-electron chi connectivity index (χ4n) is 3.84. The van der Waals surface area contributed by atoms with Crippen molar-refractivity contribution in [3.8, 4) is 0 Å². The highest BCUT2D eigenvalue weighted by Crippen LogP contribution is 2.26. The summed E-state index contributed by atoms with van der Waals surface area (Å²) in [6.45, 7) is 4.32. The van der Waals surface area contributed by atoms with Crippen molar-refractivity contribution in [2.45, 2.75) is 44.9 Å². The second kappa shape index (κ2) is 10.2. The maximum absolute atomic E-state index is 12.4. The number of nitrogens with one attached hydrogen (secondary N) is 1. The molecule has 1 N–H and O–H groups in total. The summed E-state index contributed by atoms with van der Waals surface area (Å²) < 4.78 is 0.772. The van der Waals surface area contributed by atoms with Crippen molar-refractivity contribution in [2.75, 3.05) is 32.7 Å². The molecule has 1 saturated heterocycles. The third-order valence-electron chi connectivity index (χ3n) is 5.39. The molecule has 6 nitrogen and oxygen atoms in total. The number of rotatable bonds is 8. The Morgan fingerprint density at radius 1 is 0.964 bits per heavy atom. The van der Waals surface area contributed by atoms with E-state index in [0.29, 0.717) is 30.5 Å². The minimum Gasteiger partial charge on any atom is -0.356 e. The quantitative estimate of drug-likeness (QED) is 0.488. The molecule has 0 saturated carbocycles. The predicted molar refractivity (Wildman–Crippen MR) is 111 cm³/mol. The molecule has 1 aromatic carbocycles. The molecule has 1 aromatic rings. The Hall–Kier alpha value is -1.73. The fourth-order valence-corrected chi connectivity index (χ4v) is 4.20. The molecular formula is C21H28BrN3O3. The lowest BCUT2D eigenvalue weighted by Gasteiger charge is -2.19. The van der Waals surface area contributed by atoms with Crippen molar-refractivity contribution in [1.29, 1.82) is 0 Å². The zero-order chi connectivity index (χ0) is 19.9. The Balaban J connectivity index is 1.33. The highest BCUT2D eigenvalue weighted by Gasteiger charge is 2.35. The second-order valence-electron chi connectivity index (χ2n) is 7.51. The number of imide groups is 1. The lowest BCUT2D eigenvalue weighted by molar-refractivity contribution is -0.121. The molecule has 152 valence electrons. The minimum absolute atomic E-state index is 0.0183. The van der Waals surface area contributed by atoms with Gasteiger partial charge < -0.3 is 10.2 Å². The van der Waals surface area contributed by atoms with Gasteiger partial charge in [0, 0.05) is 24.0 Å². The van der Waals surface area contributed by atoms with Crippen molar-refractivity contribution < 1.29 is 14.4 Å². The zero-order valence-electron chi connectivity index (χ0n) is 16.2. The van der Waals surface area contributed by atoms with Crippen molar-refractivity contribution >= 4 is 33.7 Å². The van der Waals surface area contributed by atoms with Gasteiger partial charge in [0.2, 0.25) is 5.91 Å². The van der Waals surface area contributed by atoms with Crippen LogP contribution in [-0.4, -0.2) is 60.2 Å². The highest BCUT2D eigenvalue weighted by molar-refractivity contribution is 9.10. The van der Waals surface area contributed by atoms with Crippen LogP contribution in [0, 0.1) is 0 Å². The first-order valence-corrected chi connectivity index (χ1v) is 11.0. The average Bonchev–Trinajstić information content (AvgIpc) is 2.87. The molecule has 0 spiro atoms. The summed E-state index contributed by atoms with van der Waals surface area (Å²) in [5.74, 6) is -0.570. The van der Waals surface area contributed by atoms with E-state index in [1.165, 1.54) is 43.7 Å². The summed E-state index contributed by atoms with van der Waals surface area (Å²) in [4.78, 5) is 40.5. The summed E-state index contributed by atoms with van der Waals surface area (Å²) >= 11 is 3.33. The first-order valence-electron chi connectivity index (χ1n) is 10.2. The fraction of sp³-hybridized carbons (Fsp3) is 0.571. The Labute approximate surface area is 174 Å². The van der Waals surface area contributed by atoms with Gasteiger partial charge in [-0.05, 0) is 63.5 Å². The second-order valence-corrected chi connectivity index (χ2v) is 8.43. The van der Waals surface area contributed by atoms with Gasteiger partial charge in [0.1, 0.15) is 0 Å². The highest BCUT2D eigenvalue weighted by atomic mass is 79.9. The lowest BCUT2D eigenvalue weighted by atomic mass is 10.1. The van der Waals surface area contributed by atoms with Crippen LogP contribution in [0.1, 0.15) is 65.7 Å². The topological polar surface area (TPSA) is 69.7 Å². The summed E-state index contributed by atoms with van der Waals surface area (Å²) in [7, 11) is 0. The van der Waals surface area contributed by atoms with Crippen molar-refractivity contribution in [1.82, 2.24) is 15.1 Å². The van der Waals surface area contributed by atoms with Crippen LogP contribution in [0.4, 0.5) is 0 Å². The largest absolute Gasteiger partial charge is 0.356 e. The van der Waals surface area contributed by atoms with Crippen molar-refractivity contribution in [2.24, 2.45) is 0 Å². The van der Waals surface area contributed by atoms with Crippen LogP contribution in [0.2, 0.25) is 0 Å². The number of hydrogen-bond acceptors (Lipinski definition) is 4. The Morgan fingerprint density at radius 3 is 2.43 bits per heavy atom. The number of halogens is 1. The van der Waals surface area contributed by atoms with Crippen LogP contribution >= 0.6 is 15.9 Å². The van der Waals surface area contributed by atoms with Gasteiger partial charge in [-0.25, -0.2) is 0 Å². The third kappa shape index (κ3) is 5.41. The van der Waals surface area contributed by atoms with E-state index in [2.05, 4.69) is 26.1 Å². The molecule has 3 amide bonds. The van der Waals surface area contributed by atoms with Crippen LogP contribution in [0.3, 0.4) is 0 Å². The minimum atomic E-state index is -0.279. The number of benzene rings is 1. The molecule has 0 radical (unpaired) electrons. The summed E-state index contributed by atoms with van der Waals surface area (Å²) in [6, 6.07) is 5.09. The van der Waals surface area contributed by atoms with E-state index in [4.69, 9.17) is 0 Å². The molecule has 28 heavy (non-hydrogen) atoms. The van der Waals surface area contributed by atoms with Crippen LogP contribution in [0.15, 0.2) is 22.7 Å². The van der Waals surface area contributed by atoms with E-state index >= 15 is 0 Å². The molecule has 2 aliphatic heterocycles. The normalized spacial score (nSPS) is 17.5. The molecule has 0 bridgehead atoms. The molecule has 0 aromatic heterocycles. The SMILES string of the molecule is O=C(CCCN1C(=O)c2ccc(Br)cc2C1=O)NCCCN1CCCCCC1. The maximum atomic E-state index is 12.4. The Kier molecular flexibility index (Phi) is 7.62. The number of carbonyl (C=O) groups excluding carboxylic acids is 3. The van der Waals surface area contributed by atoms with Crippen LogP contribution in [0.25, 0.3) is 0 Å². The summed E-state index contributed by atoms with van der Waals surface area (Å²) in [5, 5.41) is 2.95. The van der Waals surface area contributed by atoms with Gasteiger partial charge in [-0.3, -0.25) is 19.3 Å². The van der Waals surface area contributed by atoms with Gasteiger partial charge in [0.25, 0.3) is 11.8 Å².